The van der Waals surface area contributed by atoms with Crippen LogP contribution in [0.5, 0.6) is 0 Å². The quantitative estimate of drug-likeness (QED) is 0.287. The Kier molecular flexibility index (Phi) is 7.37. The molecule has 0 saturated carbocycles. The van der Waals surface area contributed by atoms with E-state index in [-0.39, 0.29) is 23.5 Å². The lowest BCUT2D eigenvalue weighted by Gasteiger charge is -2.40. The van der Waals surface area contributed by atoms with Gasteiger partial charge in [-0.3, -0.25) is 4.98 Å². The number of hydrogen-bond acceptors (Lipinski definition) is 4. The van der Waals surface area contributed by atoms with E-state index in [2.05, 4.69) is 43.4 Å². The molecule has 2 heterocycles. The molecule has 0 fully saturated rings. The molecule has 0 aliphatic rings. The summed E-state index contributed by atoms with van der Waals surface area (Å²) in [7, 11) is -2.10. The van der Waals surface area contributed by atoms with Gasteiger partial charge in [0.15, 0.2) is 8.32 Å². The molecule has 186 valence electrons. The van der Waals surface area contributed by atoms with Gasteiger partial charge in [0, 0.05) is 17.5 Å². The first-order valence-corrected chi connectivity index (χ1v) is 15.1. The summed E-state index contributed by atoms with van der Waals surface area (Å²) < 4.78 is 8.73. The second-order valence-electron chi connectivity index (χ2n) is 11.3. The Hall–Kier alpha value is -2.16. The van der Waals surface area contributed by atoms with Crippen molar-refractivity contribution in [1.29, 1.82) is 0 Å². The summed E-state index contributed by atoms with van der Waals surface area (Å²) >= 11 is 6.38. The van der Waals surface area contributed by atoms with E-state index in [4.69, 9.17) is 21.0 Å². The number of hydrogen-bond donors (Lipinski definition) is 1. The molecule has 0 bridgehead atoms. The van der Waals surface area contributed by atoms with Crippen molar-refractivity contribution in [2.75, 3.05) is 13.2 Å². The molecule has 0 saturated heterocycles. The number of carboxylic acid groups (broad SMARTS) is 1. The zero-order valence-corrected chi connectivity index (χ0v) is 23.3. The number of carbonyl (C=O) groups is 1. The molecule has 0 unspecified atom stereocenters. The largest absolute Gasteiger partial charge is 0.465 e. The Bertz CT molecular complexity index is 1180. The molecule has 1 aromatic carbocycles. The van der Waals surface area contributed by atoms with E-state index in [0.717, 1.165) is 21.9 Å². The summed E-state index contributed by atoms with van der Waals surface area (Å²) in [6, 6.07) is 7.60. The Labute approximate surface area is 208 Å². The fourth-order valence-electron chi connectivity index (χ4n) is 3.84. The van der Waals surface area contributed by atoms with Crippen LogP contribution in [0.1, 0.15) is 53.4 Å². The van der Waals surface area contributed by atoms with E-state index < -0.39 is 19.9 Å². The van der Waals surface area contributed by atoms with Crippen molar-refractivity contribution in [2.45, 2.75) is 77.1 Å². The molecule has 1 atom stereocenters. The van der Waals surface area contributed by atoms with Gasteiger partial charge < -0.3 is 19.0 Å². The third kappa shape index (κ3) is 5.24. The highest BCUT2D eigenvalue weighted by molar-refractivity contribution is 6.74. The summed E-state index contributed by atoms with van der Waals surface area (Å²) in [5.41, 5.74) is 1.92. The summed E-state index contributed by atoms with van der Waals surface area (Å²) in [6.45, 7) is 17.3. The second-order valence-corrected chi connectivity index (χ2v) is 16.4. The lowest BCUT2D eigenvalue weighted by molar-refractivity contribution is 0.0809. The molecular weight excluding hydrogens is 468 g/mol. The number of fused-ring (bicyclic) bond motifs is 3. The molecule has 0 radical (unpaired) electrons. The number of alkyl halides is 1. The van der Waals surface area contributed by atoms with Gasteiger partial charge >= 0.3 is 6.09 Å². The average molecular weight is 505 g/mol. The zero-order chi connectivity index (χ0) is 25.5. The van der Waals surface area contributed by atoms with E-state index in [1.165, 1.54) is 4.90 Å². The number of aromatic nitrogens is 3. The predicted octanol–water partition coefficient (Wildman–Crippen LogP) is 6.66. The van der Waals surface area contributed by atoms with Gasteiger partial charge in [0.05, 0.1) is 35.8 Å². The van der Waals surface area contributed by atoms with E-state index in [1.54, 1.807) is 6.20 Å². The number of amides is 1. The monoisotopic (exact) mass is 504 g/mol. The van der Waals surface area contributed by atoms with Gasteiger partial charge in [-0.15, -0.1) is 11.6 Å². The molecule has 3 aromatic rings. The number of imidazole rings is 1. The molecule has 0 spiro atoms. The number of para-hydroxylation sites is 1. The second kappa shape index (κ2) is 9.47. The highest BCUT2D eigenvalue weighted by atomic mass is 35.5. The van der Waals surface area contributed by atoms with Crippen LogP contribution in [-0.4, -0.2) is 57.6 Å². The smallest absolute Gasteiger partial charge is 0.407 e. The topological polar surface area (TPSA) is 80.5 Å². The van der Waals surface area contributed by atoms with E-state index in [0.29, 0.717) is 12.4 Å². The van der Waals surface area contributed by atoms with Crippen LogP contribution >= 0.6 is 11.6 Å². The molecule has 7 nitrogen and oxygen atoms in total. The van der Waals surface area contributed by atoms with Gasteiger partial charge in [0.25, 0.3) is 0 Å². The third-order valence-corrected chi connectivity index (χ3v) is 11.6. The Morgan fingerprint density at radius 3 is 2.38 bits per heavy atom. The lowest BCUT2D eigenvalue weighted by atomic mass is 10.1. The minimum Gasteiger partial charge on any atom is -0.465 e. The van der Waals surface area contributed by atoms with Crippen molar-refractivity contribution in [3.05, 3.63) is 36.3 Å². The molecule has 3 rings (SSSR count). The van der Waals surface area contributed by atoms with Crippen LogP contribution in [-0.2, 0) is 10.3 Å². The highest BCUT2D eigenvalue weighted by Crippen LogP contribution is 2.38. The summed E-state index contributed by atoms with van der Waals surface area (Å²) in [5, 5.41) is 11.0. The van der Waals surface area contributed by atoms with Crippen LogP contribution in [0.4, 0.5) is 4.79 Å². The maximum Gasteiger partial charge on any atom is 0.407 e. The fraction of sp³-hybridized carbons (Fsp3) is 0.560. The average Bonchev–Trinajstić information content (AvgIpc) is 3.11. The van der Waals surface area contributed by atoms with Gasteiger partial charge in [-0.2, -0.15) is 0 Å². The summed E-state index contributed by atoms with van der Waals surface area (Å²) in [4.78, 5) is 23.1. The number of nitrogens with zero attached hydrogens (tertiary/aromatic N) is 4. The van der Waals surface area contributed by atoms with Gasteiger partial charge in [-0.25, -0.2) is 9.78 Å². The molecule has 1 amide bonds. The normalized spacial score (nSPS) is 14.0. The highest BCUT2D eigenvalue weighted by Gasteiger charge is 2.39. The standard InChI is InChI=1S/C25H37ClN4O3Si/c1-24(2,3)29(23(31)32)15-17(16-33-34(7,8)25(4,5)6)30-21(13-26)28-20-14-27-19-12-10-9-11-18(19)22(20)30/h9-12,14,17H,13,15-16H2,1-8H3,(H,31,32)/t17-/m0/s1. The van der Waals surface area contributed by atoms with Gasteiger partial charge in [-0.1, -0.05) is 39.0 Å². The fourth-order valence-corrected chi connectivity index (χ4v) is 5.07. The molecule has 34 heavy (non-hydrogen) atoms. The molecule has 2 aromatic heterocycles. The van der Waals surface area contributed by atoms with Crippen molar-refractivity contribution in [2.24, 2.45) is 0 Å². The summed E-state index contributed by atoms with van der Waals surface area (Å²) in [6.07, 6.45) is 0.794. The Balaban J connectivity index is 2.21. The van der Waals surface area contributed by atoms with Crippen molar-refractivity contribution in [3.8, 4) is 0 Å². The van der Waals surface area contributed by atoms with Gasteiger partial charge in [0.2, 0.25) is 0 Å². The van der Waals surface area contributed by atoms with Crippen LogP contribution in [0.2, 0.25) is 18.1 Å². The zero-order valence-electron chi connectivity index (χ0n) is 21.5. The third-order valence-electron chi connectivity index (χ3n) is 6.86. The minimum atomic E-state index is -2.10. The first kappa shape index (κ1) is 26.4. The van der Waals surface area contributed by atoms with Crippen molar-refractivity contribution < 1.29 is 14.3 Å². The first-order chi connectivity index (χ1) is 15.7. The Morgan fingerprint density at radius 1 is 1.18 bits per heavy atom. The van der Waals surface area contributed by atoms with Crippen molar-refractivity contribution in [3.63, 3.8) is 0 Å². The van der Waals surface area contributed by atoms with E-state index >= 15 is 0 Å². The van der Waals surface area contributed by atoms with Crippen molar-refractivity contribution >= 4 is 47.9 Å². The van der Waals surface area contributed by atoms with Crippen LogP contribution in [0.25, 0.3) is 21.9 Å². The van der Waals surface area contributed by atoms with Crippen LogP contribution in [0.3, 0.4) is 0 Å². The molecule has 0 aliphatic carbocycles. The number of halogens is 1. The molecule has 0 aliphatic heterocycles. The Morgan fingerprint density at radius 2 is 1.82 bits per heavy atom. The number of benzene rings is 1. The number of rotatable bonds is 7. The molecular formula is C25H37ClN4O3Si. The first-order valence-electron chi connectivity index (χ1n) is 11.6. The maximum absolute atomic E-state index is 12.3. The molecule has 1 N–H and O–H groups in total. The van der Waals surface area contributed by atoms with Gasteiger partial charge in [0.1, 0.15) is 11.3 Å². The van der Waals surface area contributed by atoms with E-state index in [9.17, 15) is 9.90 Å². The minimum absolute atomic E-state index is 0.0248. The van der Waals surface area contributed by atoms with Gasteiger partial charge in [-0.05, 0) is 45.0 Å². The van der Waals surface area contributed by atoms with Crippen LogP contribution < -0.4 is 0 Å². The lowest BCUT2D eigenvalue weighted by Crippen LogP contribution is -2.49. The van der Waals surface area contributed by atoms with Crippen LogP contribution in [0.15, 0.2) is 30.5 Å². The predicted molar refractivity (Wildman–Crippen MR) is 141 cm³/mol. The SMILES string of the molecule is CC(C)(C)N(C[C@@H](CO[Si](C)(C)C(C)(C)C)n1c(CCl)nc2cnc3ccccc3c21)C(=O)O. The summed E-state index contributed by atoms with van der Waals surface area (Å²) in [5.74, 6) is 0.875. The van der Waals surface area contributed by atoms with Crippen LogP contribution in [0, 0.1) is 0 Å². The maximum atomic E-state index is 12.3. The number of pyridine rings is 1. The van der Waals surface area contributed by atoms with E-state index in [1.807, 2.05) is 45.0 Å². The molecule has 9 heteroatoms. The van der Waals surface area contributed by atoms with Crippen molar-refractivity contribution in [1.82, 2.24) is 19.4 Å².